The van der Waals surface area contributed by atoms with Gasteiger partial charge in [-0.15, -0.1) is 0 Å². The molecule has 2 atom stereocenters. The summed E-state index contributed by atoms with van der Waals surface area (Å²) in [5.41, 5.74) is 5.63. The van der Waals surface area contributed by atoms with E-state index in [9.17, 15) is 5.11 Å². The maximum atomic E-state index is 9.88. The van der Waals surface area contributed by atoms with Gasteiger partial charge in [0.2, 0.25) is 11.9 Å². The zero-order valence-corrected chi connectivity index (χ0v) is 10.7. The van der Waals surface area contributed by atoms with Crippen molar-refractivity contribution >= 4 is 11.9 Å². The normalized spacial score (nSPS) is 24.1. The number of nitrogen functional groups attached to an aromatic ring is 1. The van der Waals surface area contributed by atoms with Crippen LogP contribution in [0.3, 0.4) is 0 Å². The molecular weight excluding hydrogens is 234 g/mol. The second-order valence-corrected chi connectivity index (χ2v) is 4.49. The van der Waals surface area contributed by atoms with Crippen molar-refractivity contribution in [2.75, 3.05) is 30.3 Å². The average molecular weight is 253 g/mol. The number of nitrogens with zero attached hydrogens (tertiary/aromatic N) is 4. The van der Waals surface area contributed by atoms with Gasteiger partial charge in [-0.2, -0.15) is 15.0 Å². The number of aromatic nitrogens is 3. The number of hydrogen-bond donors (Lipinski definition) is 2. The van der Waals surface area contributed by atoms with Crippen molar-refractivity contribution in [1.29, 1.82) is 0 Å². The van der Waals surface area contributed by atoms with Gasteiger partial charge in [-0.3, -0.25) is 0 Å². The largest absolute Gasteiger partial charge is 0.464 e. The number of aliphatic hydroxyl groups is 1. The van der Waals surface area contributed by atoms with Crippen molar-refractivity contribution in [2.24, 2.45) is 5.92 Å². The highest BCUT2D eigenvalue weighted by atomic mass is 16.5. The first-order valence-corrected chi connectivity index (χ1v) is 6.17. The molecule has 18 heavy (non-hydrogen) atoms. The van der Waals surface area contributed by atoms with Crippen molar-refractivity contribution in [3.63, 3.8) is 0 Å². The average Bonchev–Trinajstić information content (AvgIpc) is 2.32. The van der Waals surface area contributed by atoms with Crippen molar-refractivity contribution < 1.29 is 9.84 Å². The van der Waals surface area contributed by atoms with E-state index in [1.54, 1.807) is 0 Å². The fourth-order valence-electron chi connectivity index (χ4n) is 1.93. The Morgan fingerprint density at radius 3 is 2.89 bits per heavy atom. The lowest BCUT2D eigenvalue weighted by molar-refractivity contribution is 0.102. The van der Waals surface area contributed by atoms with E-state index in [4.69, 9.17) is 10.5 Å². The van der Waals surface area contributed by atoms with Gasteiger partial charge in [0, 0.05) is 13.1 Å². The fraction of sp³-hybridized carbons (Fsp3) is 0.727. The minimum absolute atomic E-state index is 0.136. The molecule has 0 bridgehead atoms. The number of anilines is 2. The SMILES string of the molecule is CCOc1nc(N)nc(N2CCC(C)C(O)C2)n1. The fourth-order valence-corrected chi connectivity index (χ4v) is 1.93. The molecule has 0 spiro atoms. The Kier molecular flexibility index (Phi) is 3.81. The van der Waals surface area contributed by atoms with Gasteiger partial charge in [-0.05, 0) is 19.3 Å². The van der Waals surface area contributed by atoms with Gasteiger partial charge < -0.3 is 20.5 Å². The minimum atomic E-state index is -0.368. The summed E-state index contributed by atoms with van der Waals surface area (Å²) in [6, 6.07) is 0.230. The highest BCUT2D eigenvalue weighted by Crippen LogP contribution is 2.22. The van der Waals surface area contributed by atoms with Crippen LogP contribution in [0.15, 0.2) is 0 Å². The van der Waals surface area contributed by atoms with Crippen LogP contribution in [0.1, 0.15) is 20.3 Å². The van der Waals surface area contributed by atoms with Crippen molar-refractivity contribution in [3.05, 3.63) is 0 Å². The maximum absolute atomic E-state index is 9.88. The predicted octanol–water partition coefficient (Wildman–Crippen LogP) is 0.0596. The zero-order chi connectivity index (χ0) is 13.1. The lowest BCUT2D eigenvalue weighted by atomic mass is 9.96. The van der Waals surface area contributed by atoms with E-state index < -0.39 is 0 Å². The second kappa shape index (κ2) is 5.34. The van der Waals surface area contributed by atoms with Gasteiger partial charge in [-0.1, -0.05) is 6.92 Å². The Balaban J connectivity index is 2.17. The molecule has 1 aromatic heterocycles. The van der Waals surface area contributed by atoms with Crippen LogP contribution in [0, 0.1) is 5.92 Å². The van der Waals surface area contributed by atoms with Gasteiger partial charge in [0.1, 0.15) is 0 Å². The van der Waals surface area contributed by atoms with Crippen molar-refractivity contribution in [3.8, 4) is 6.01 Å². The highest BCUT2D eigenvalue weighted by Gasteiger charge is 2.26. The van der Waals surface area contributed by atoms with E-state index in [0.29, 0.717) is 25.0 Å². The summed E-state index contributed by atoms with van der Waals surface area (Å²) in [6.07, 6.45) is 0.531. The molecule has 0 aliphatic carbocycles. The van der Waals surface area contributed by atoms with Gasteiger partial charge in [0.05, 0.1) is 12.7 Å². The first-order valence-electron chi connectivity index (χ1n) is 6.17. The van der Waals surface area contributed by atoms with Crippen LogP contribution in [0.25, 0.3) is 0 Å². The topological polar surface area (TPSA) is 97.4 Å². The molecular formula is C11H19N5O2. The number of β-amino-alcohol motifs (C(OH)–C–C–N with tert-alkyl or cyclic N) is 1. The first-order chi connectivity index (χ1) is 8.60. The van der Waals surface area contributed by atoms with E-state index >= 15 is 0 Å². The maximum Gasteiger partial charge on any atom is 0.323 e. The Morgan fingerprint density at radius 1 is 1.44 bits per heavy atom. The highest BCUT2D eigenvalue weighted by molar-refractivity contribution is 5.36. The molecule has 2 rings (SSSR count). The molecule has 0 radical (unpaired) electrons. The van der Waals surface area contributed by atoms with Crippen LogP contribution >= 0.6 is 0 Å². The molecule has 7 heteroatoms. The van der Waals surface area contributed by atoms with Crippen molar-refractivity contribution in [2.45, 2.75) is 26.4 Å². The minimum Gasteiger partial charge on any atom is -0.464 e. The molecule has 2 unspecified atom stereocenters. The van der Waals surface area contributed by atoms with E-state index in [1.165, 1.54) is 0 Å². The number of ether oxygens (including phenoxy) is 1. The third-order valence-electron chi connectivity index (χ3n) is 3.10. The molecule has 3 N–H and O–H groups in total. The van der Waals surface area contributed by atoms with Gasteiger partial charge in [0.25, 0.3) is 0 Å². The van der Waals surface area contributed by atoms with E-state index in [2.05, 4.69) is 15.0 Å². The summed E-state index contributed by atoms with van der Waals surface area (Å²) in [5.74, 6) is 0.903. The monoisotopic (exact) mass is 253 g/mol. The van der Waals surface area contributed by atoms with E-state index in [0.717, 1.165) is 13.0 Å². The Hall–Kier alpha value is -1.63. The number of piperidine rings is 1. The van der Waals surface area contributed by atoms with E-state index in [1.807, 2.05) is 18.7 Å². The molecule has 100 valence electrons. The van der Waals surface area contributed by atoms with Crippen LogP contribution in [0.4, 0.5) is 11.9 Å². The second-order valence-electron chi connectivity index (χ2n) is 4.49. The van der Waals surface area contributed by atoms with E-state index in [-0.39, 0.29) is 18.1 Å². The molecule has 0 aromatic carbocycles. The number of rotatable bonds is 3. The third kappa shape index (κ3) is 2.79. The summed E-state index contributed by atoms with van der Waals surface area (Å²) >= 11 is 0. The Bertz CT molecular complexity index is 414. The predicted molar refractivity (Wildman–Crippen MR) is 67.4 cm³/mol. The van der Waals surface area contributed by atoms with Crippen LogP contribution < -0.4 is 15.4 Å². The smallest absolute Gasteiger partial charge is 0.323 e. The van der Waals surface area contributed by atoms with Gasteiger partial charge in [-0.25, -0.2) is 0 Å². The van der Waals surface area contributed by atoms with Gasteiger partial charge in [0.15, 0.2) is 0 Å². The molecule has 1 saturated heterocycles. The lowest BCUT2D eigenvalue weighted by Crippen LogP contribution is -2.43. The van der Waals surface area contributed by atoms with Crippen LogP contribution in [0.5, 0.6) is 6.01 Å². The summed E-state index contributed by atoms with van der Waals surface area (Å²) in [6.45, 7) is 5.67. The summed E-state index contributed by atoms with van der Waals surface area (Å²) in [7, 11) is 0. The molecule has 0 amide bonds. The molecule has 1 aliphatic rings. The molecule has 1 aliphatic heterocycles. The van der Waals surface area contributed by atoms with Crippen LogP contribution in [-0.2, 0) is 0 Å². The molecule has 7 nitrogen and oxygen atoms in total. The zero-order valence-electron chi connectivity index (χ0n) is 10.7. The number of nitrogens with two attached hydrogens (primary N) is 1. The molecule has 0 saturated carbocycles. The summed E-state index contributed by atoms with van der Waals surface area (Å²) in [5, 5.41) is 9.88. The third-order valence-corrected chi connectivity index (χ3v) is 3.10. The standard InChI is InChI=1S/C11H19N5O2/c1-3-18-11-14-9(12)13-10(15-11)16-5-4-7(2)8(17)6-16/h7-8,17H,3-6H2,1-2H3,(H2,12,13,14,15). The Labute approximate surface area is 106 Å². The van der Waals surface area contributed by atoms with Crippen LogP contribution in [-0.4, -0.2) is 45.9 Å². The lowest BCUT2D eigenvalue weighted by Gasteiger charge is -2.34. The molecule has 1 aromatic rings. The summed E-state index contributed by atoms with van der Waals surface area (Å²) in [4.78, 5) is 14.1. The Morgan fingerprint density at radius 2 is 2.22 bits per heavy atom. The van der Waals surface area contributed by atoms with Crippen LogP contribution in [0.2, 0.25) is 0 Å². The van der Waals surface area contributed by atoms with Crippen molar-refractivity contribution in [1.82, 2.24) is 15.0 Å². The van der Waals surface area contributed by atoms with Gasteiger partial charge >= 0.3 is 6.01 Å². The first kappa shape index (κ1) is 12.8. The quantitative estimate of drug-likeness (QED) is 0.786. The molecule has 1 fully saturated rings. The molecule has 2 heterocycles. The number of hydrogen-bond acceptors (Lipinski definition) is 7. The summed E-state index contributed by atoms with van der Waals surface area (Å²) < 4.78 is 5.23. The number of aliphatic hydroxyl groups excluding tert-OH is 1.